The minimum Gasteiger partial charge on any atom is -0.335 e. The molecular formula is C12H14Cl2N2S. The Labute approximate surface area is 116 Å². The first-order valence-electron chi connectivity index (χ1n) is 5.61. The fourth-order valence-corrected chi connectivity index (χ4v) is 3.38. The lowest BCUT2D eigenvalue weighted by Gasteiger charge is -2.08. The van der Waals surface area contributed by atoms with Crippen LogP contribution in [0.5, 0.6) is 0 Å². The van der Waals surface area contributed by atoms with Gasteiger partial charge < -0.3 is 5.32 Å². The van der Waals surface area contributed by atoms with Crippen molar-refractivity contribution in [1.82, 2.24) is 0 Å². The summed E-state index contributed by atoms with van der Waals surface area (Å²) in [5.74, 6) is 0. The van der Waals surface area contributed by atoms with Crippen LogP contribution in [-0.4, -0.2) is 17.0 Å². The third-order valence-electron chi connectivity index (χ3n) is 2.44. The summed E-state index contributed by atoms with van der Waals surface area (Å²) >= 11 is 13.7. The Balaban J connectivity index is 1.98. The molecular weight excluding hydrogens is 275 g/mol. The number of nitrogens with zero attached hydrogens (tertiary/aromatic N) is 1. The zero-order valence-electron chi connectivity index (χ0n) is 9.54. The Kier molecular flexibility index (Phi) is 4.60. The zero-order chi connectivity index (χ0) is 12.3. The number of rotatable bonds is 3. The fraction of sp³-hybridized carbons (Fsp3) is 0.417. The van der Waals surface area contributed by atoms with E-state index in [1.807, 2.05) is 12.1 Å². The third-order valence-corrected chi connectivity index (χ3v) is 4.05. The minimum atomic E-state index is 0.608. The Morgan fingerprint density at radius 3 is 2.71 bits per heavy atom. The number of benzene rings is 1. The molecule has 1 N–H and O–H groups in total. The van der Waals surface area contributed by atoms with Gasteiger partial charge in [-0.2, -0.15) is 0 Å². The molecule has 1 aromatic rings. The molecule has 0 spiro atoms. The van der Waals surface area contributed by atoms with E-state index in [0.29, 0.717) is 15.3 Å². The van der Waals surface area contributed by atoms with E-state index in [1.165, 1.54) is 12.8 Å². The molecule has 2 rings (SSSR count). The van der Waals surface area contributed by atoms with Crippen molar-refractivity contribution in [3.63, 3.8) is 0 Å². The quantitative estimate of drug-likeness (QED) is 0.874. The first kappa shape index (κ1) is 13.1. The van der Waals surface area contributed by atoms with Crippen molar-refractivity contribution < 1.29 is 0 Å². The predicted octanol–water partition coefficient (Wildman–Crippen LogP) is 4.68. The largest absolute Gasteiger partial charge is 0.335 e. The molecule has 0 fully saturated rings. The van der Waals surface area contributed by atoms with E-state index in [9.17, 15) is 0 Å². The van der Waals surface area contributed by atoms with Crippen LogP contribution in [0.2, 0.25) is 10.0 Å². The van der Waals surface area contributed by atoms with Crippen molar-refractivity contribution in [1.29, 1.82) is 0 Å². The molecule has 0 saturated heterocycles. The number of hydrogen-bond acceptors (Lipinski definition) is 3. The van der Waals surface area contributed by atoms with Crippen molar-refractivity contribution in [2.24, 2.45) is 4.99 Å². The second-order valence-corrected chi connectivity index (χ2v) is 6.12. The molecule has 0 aromatic heterocycles. The maximum Gasteiger partial charge on any atom is 0.161 e. The van der Waals surface area contributed by atoms with E-state index in [2.05, 4.69) is 17.2 Å². The van der Waals surface area contributed by atoms with Crippen LogP contribution in [0.25, 0.3) is 0 Å². The van der Waals surface area contributed by atoms with Crippen molar-refractivity contribution >= 4 is 45.8 Å². The summed E-state index contributed by atoms with van der Waals surface area (Å²) in [6, 6.07) is 5.42. The van der Waals surface area contributed by atoms with Gasteiger partial charge in [0.15, 0.2) is 5.17 Å². The van der Waals surface area contributed by atoms with Crippen molar-refractivity contribution in [2.75, 3.05) is 11.9 Å². The van der Waals surface area contributed by atoms with Crippen molar-refractivity contribution in [2.45, 2.75) is 25.0 Å². The molecule has 92 valence electrons. The van der Waals surface area contributed by atoms with Gasteiger partial charge in [-0.25, -0.2) is 0 Å². The van der Waals surface area contributed by atoms with Gasteiger partial charge in [-0.3, -0.25) is 4.99 Å². The van der Waals surface area contributed by atoms with Crippen molar-refractivity contribution in [3.05, 3.63) is 28.2 Å². The summed E-state index contributed by atoms with van der Waals surface area (Å²) in [4.78, 5) is 4.47. The summed E-state index contributed by atoms with van der Waals surface area (Å²) < 4.78 is 0. The highest BCUT2D eigenvalue weighted by atomic mass is 35.5. The molecule has 1 aliphatic heterocycles. The van der Waals surface area contributed by atoms with E-state index < -0.39 is 0 Å². The smallest absolute Gasteiger partial charge is 0.161 e. The summed E-state index contributed by atoms with van der Waals surface area (Å²) in [5.41, 5.74) is 0.894. The molecule has 1 unspecified atom stereocenters. The average molecular weight is 289 g/mol. The Morgan fingerprint density at radius 1 is 1.35 bits per heavy atom. The van der Waals surface area contributed by atoms with Crippen LogP contribution < -0.4 is 5.32 Å². The highest BCUT2D eigenvalue weighted by molar-refractivity contribution is 8.15. The summed E-state index contributed by atoms with van der Waals surface area (Å²) in [6.07, 6.45) is 2.40. The van der Waals surface area contributed by atoms with Gasteiger partial charge >= 0.3 is 0 Å². The van der Waals surface area contributed by atoms with Gasteiger partial charge in [-0.05, 0) is 24.6 Å². The van der Waals surface area contributed by atoms with Crippen LogP contribution in [0, 0.1) is 0 Å². The van der Waals surface area contributed by atoms with Crippen LogP contribution in [0.15, 0.2) is 23.2 Å². The third kappa shape index (κ3) is 3.80. The monoisotopic (exact) mass is 288 g/mol. The van der Waals surface area contributed by atoms with Gasteiger partial charge in [0, 0.05) is 21.0 Å². The molecule has 1 aromatic carbocycles. The topological polar surface area (TPSA) is 24.4 Å². The molecule has 0 aliphatic carbocycles. The fourth-order valence-electron chi connectivity index (χ4n) is 1.71. The predicted molar refractivity (Wildman–Crippen MR) is 78.7 cm³/mol. The highest BCUT2D eigenvalue weighted by Gasteiger charge is 2.18. The second-order valence-electron chi connectivity index (χ2n) is 3.96. The van der Waals surface area contributed by atoms with Crippen molar-refractivity contribution in [3.8, 4) is 0 Å². The molecule has 1 atom stereocenters. The Morgan fingerprint density at radius 2 is 2.06 bits per heavy atom. The summed E-state index contributed by atoms with van der Waals surface area (Å²) in [7, 11) is 0. The Bertz CT molecular complexity index is 414. The molecule has 5 heteroatoms. The van der Waals surface area contributed by atoms with E-state index in [0.717, 1.165) is 17.4 Å². The van der Waals surface area contributed by atoms with Gasteiger partial charge in [0.1, 0.15) is 0 Å². The number of aliphatic imine (C=N–C) groups is 1. The number of thioether (sulfide) groups is 1. The van der Waals surface area contributed by atoms with Crippen LogP contribution in [0.3, 0.4) is 0 Å². The molecule has 0 bridgehead atoms. The van der Waals surface area contributed by atoms with Crippen LogP contribution in [-0.2, 0) is 0 Å². The van der Waals surface area contributed by atoms with Gasteiger partial charge in [-0.15, -0.1) is 0 Å². The highest BCUT2D eigenvalue weighted by Crippen LogP contribution is 2.28. The zero-order valence-corrected chi connectivity index (χ0v) is 11.9. The molecule has 2 nitrogen and oxygen atoms in total. The van der Waals surface area contributed by atoms with E-state index in [4.69, 9.17) is 23.2 Å². The molecule has 17 heavy (non-hydrogen) atoms. The number of hydrogen-bond donors (Lipinski definition) is 1. The lowest BCUT2D eigenvalue weighted by Crippen LogP contribution is -2.07. The lowest BCUT2D eigenvalue weighted by molar-refractivity contribution is 0.754. The van der Waals surface area contributed by atoms with Crippen LogP contribution in [0.1, 0.15) is 19.8 Å². The van der Waals surface area contributed by atoms with Gasteiger partial charge in [0.05, 0.1) is 6.54 Å². The lowest BCUT2D eigenvalue weighted by atomic mass is 10.2. The van der Waals surface area contributed by atoms with E-state index >= 15 is 0 Å². The Hall–Kier alpha value is -0.380. The standard InChI is InChI=1S/C12H14Cl2N2S/c1-2-3-11-7-15-12(17-11)16-10-5-8(13)4-9(14)6-10/h4-6,11H,2-3,7H2,1H3,(H,15,16). The second kappa shape index (κ2) is 5.98. The molecule has 0 amide bonds. The SMILES string of the molecule is CCCC1CN=C(Nc2cc(Cl)cc(Cl)c2)S1. The number of nitrogens with one attached hydrogen (secondary N) is 1. The summed E-state index contributed by atoms with van der Waals surface area (Å²) in [5, 5.41) is 6.09. The molecule has 1 heterocycles. The van der Waals surface area contributed by atoms with Crippen LogP contribution in [0.4, 0.5) is 5.69 Å². The number of halogens is 2. The van der Waals surface area contributed by atoms with Gasteiger partial charge in [0.25, 0.3) is 0 Å². The van der Waals surface area contributed by atoms with Gasteiger partial charge in [0.2, 0.25) is 0 Å². The number of anilines is 1. The van der Waals surface area contributed by atoms with Gasteiger partial charge in [-0.1, -0.05) is 48.3 Å². The maximum atomic E-state index is 5.94. The normalized spacial score (nSPS) is 19.2. The first-order chi connectivity index (χ1) is 8.17. The summed E-state index contributed by atoms with van der Waals surface area (Å²) in [6.45, 7) is 3.10. The van der Waals surface area contributed by atoms with Crippen LogP contribution >= 0.6 is 35.0 Å². The maximum absolute atomic E-state index is 5.94. The number of amidine groups is 1. The first-order valence-corrected chi connectivity index (χ1v) is 7.25. The van der Waals surface area contributed by atoms with E-state index in [-0.39, 0.29) is 0 Å². The molecule has 0 radical (unpaired) electrons. The minimum absolute atomic E-state index is 0.608. The average Bonchev–Trinajstić information content (AvgIpc) is 2.64. The molecule has 1 aliphatic rings. The molecule has 0 saturated carbocycles. The van der Waals surface area contributed by atoms with E-state index in [1.54, 1.807) is 17.8 Å².